The second-order valence-electron chi connectivity index (χ2n) is 5.05. The quantitative estimate of drug-likeness (QED) is 0.767. The van der Waals surface area contributed by atoms with E-state index in [1.165, 1.54) is 30.7 Å². The molecule has 18 heavy (non-hydrogen) atoms. The van der Waals surface area contributed by atoms with Crippen LogP contribution in [0.2, 0.25) is 0 Å². The number of rotatable bonds is 8. The second kappa shape index (κ2) is 7.57. The molecule has 0 spiro atoms. The van der Waals surface area contributed by atoms with E-state index in [-0.39, 0.29) is 0 Å². The molecule has 1 N–H and O–H groups in total. The van der Waals surface area contributed by atoms with Gasteiger partial charge in [0.2, 0.25) is 0 Å². The Morgan fingerprint density at radius 2 is 1.89 bits per heavy atom. The third-order valence-electron chi connectivity index (χ3n) is 3.78. The molecule has 3 nitrogen and oxygen atoms in total. The summed E-state index contributed by atoms with van der Waals surface area (Å²) in [6.45, 7) is 10.0. The molecule has 1 unspecified atom stereocenters. The molecule has 0 fully saturated rings. The van der Waals surface area contributed by atoms with Crippen molar-refractivity contribution in [3.8, 4) is 0 Å². The van der Waals surface area contributed by atoms with Crippen LogP contribution in [0.5, 0.6) is 0 Å². The Morgan fingerprint density at radius 1 is 1.22 bits per heavy atom. The van der Waals surface area contributed by atoms with Crippen molar-refractivity contribution in [1.82, 2.24) is 15.1 Å². The first kappa shape index (κ1) is 15.2. The monoisotopic (exact) mass is 251 g/mol. The molecule has 1 aromatic heterocycles. The van der Waals surface area contributed by atoms with Crippen LogP contribution in [0.15, 0.2) is 6.07 Å². The van der Waals surface area contributed by atoms with Crippen LogP contribution in [-0.2, 0) is 13.5 Å². The van der Waals surface area contributed by atoms with Crippen molar-refractivity contribution >= 4 is 0 Å². The Morgan fingerprint density at radius 3 is 2.33 bits per heavy atom. The summed E-state index contributed by atoms with van der Waals surface area (Å²) < 4.78 is 2.06. The molecular formula is C15H29N3. The largest absolute Gasteiger partial charge is 0.308 e. The summed E-state index contributed by atoms with van der Waals surface area (Å²) in [6, 6.07) is 2.71. The Balaban J connectivity index is 2.95. The number of nitrogens with zero attached hydrogens (tertiary/aromatic N) is 2. The number of hydrogen-bond donors (Lipinski definition) is 1. The van der Waals surface area contributed by atoms with E-state index < -0.39 is 0 Å². The molecule has 1 heterocycles. The normalized spacial score (nSPS) is 13.2. The van der Waals surface area contributed by atoms with E-state index in [1.807, 2.05) is 0 Å². The lowest BCUT2D eigenvalue weighted by Crippen LogP contribution is -2.30. The van der Waals surface area contributed by atoms with Crippen molar-refractivity contribution in [1.29, 1.82) is 0 Å². The fourth-order valence-corrected chi connectivity index (χ4v) is 2.58. The highest BCUT2D eigenvalue weighted by molar-refractivity contribution is 5.15. The van der Waals surface area contributed by atoms with Crippen molar-refractivity contribution in [2.45, 2.75) is 59.4 Å². The second-order valence-corrected chi connectivity index (χ2v) is 5.05. The summed E-state index contributed by atoms with van der Waals surface area (Å²) in [6.07, 6.45) is 4.61. The zero-order valence-corrected chi connectivity index (χ0v) is 12.7. The van der Waals surface area contributed by atoms with Gasteiger partial charge in [-0.05, 0) is 31.4 Å². The van der Waals surface area contributed by atoms with Gasteiger partial charge in [-0.3, -0.25) is 4.68 Å². The number of hydrogen-bond acceptors (Lipinski definition) is 2. The lowest BCUT2D eigenvalue weighted by molar-refractivity contribution is 0.327. The van der Waals surface area contributed by atoms with E-state index in [1.54, 1.807) is 0 Å². The van der Waals surface area contributed by atoms with Gasteiger partial charge >= 0.3 is 0 Å². The topological polar surface area (TPSA) is 29.9 Å². The third kappa shape index (κ3) is 3.58. The Hall–Kier alpha value is -0.830. The van der Waals surface area contributed by atoms with Gasteiger partial charge in [-0.2, -0.15) is 5.10 Å². The summed E-state index contributed by atoms with van der Waals surface area (Å²) in [5.41, 5.74) is 2.54. The third-order valence-corrected chi connectivity index (χ3v) is 3.78. The molecule has 1 aromatic rings. The van der Waals surface area contributed by atoms with Crippen LogP contribution >= 0.6 is 0 Å². The highest BCUT2D eigenvalue weighted by Crippen LogP contribution is 2.27. The van der Waals surface area contributed by atoms with E-state index in [0.29, 0.717) is 12.0 Å². The highest BCUT2D eigenvalue weighted by Gasteiger charge is 2.23. The number of aromatic nitrogens is 2. The van der Waals surface area contributed by atoms with Crippen LogP contribution in [-0.4, -0.2) is 16.3 Å². The minimum absolute atomic E-state index is 0.442. The zero-order valence-electron chi connectivity index (χ0n) is 12.7. The molecule has 104 valence electrons. The molecule has 3 heteroatoms. The lowest BCUT2D eigenvalue weighted by Gasteiger charge is -2.26. The number of aryl methyl sites for hydroxylation is 2. The van der Waals surface area contributed by atoms with Crippen molar-refractivity contribution < 1.29 is 0 Å². The molecule has 1 atom stereocenters. The lowest BCUT2D eigenvalue weighted by atomic mass is 9.91. The maximum absolute atomic E-state index is 4.59. The van der Waals surface area contributed by atoms with Crippen molar-refractivity contribution in [3.05, 3.63) is 17.5 Å². The van der Waals surface area contributed by atoms with Crippen molar-refractivity contribution in [2.24, 2.45) is 13.0 Å². The zero-order chi connectivity index (χ0) is 13.5. The maximum atomic E-state index is 4.59. The summed E-state index contributed by atoms with van der Waals surface area (Å²) in [4.78, 5) is 0. The van der Waals surface area contributed by atoms with Gasteiger partial charge in [0.15, 0.2) is 0 Å². The fraction of sp³-hybridized carbons (Fsp3) is 0.800. The van der Waals surface area contributed by atoms with Crippen molar-refractivity contribution in [2.75, 3.05) is 6.54 Å². The first-order valence-corrected chi connectivity index (χ1v) is 7.43. The number of nitrogens with one attached hydrogen (secondary N) is 1. The van der Waals surface area contributed by atoms with Crippen LogP contribution in [0.4, 0.5) is 0 Å². The van der Waals surface area contributed by atoms with E-state index in [0.717, 1.165) is 13.0 Å². The van der Waals surface area contributed by atoms with Gasteiger partial charge < -0.3 is 5.32 Å². The smallest absolute Gasteiger partial charge is 0.0625 e. The van der Waals surface area contributed by atoms with Gasteiger partial charge in [-0.25, -0.2) is 0 Å². The minimum Gasteiger partial charge on any atom is -0.308 e. The molecule has 0 aliphatic carbocycles. The van der Waals surface area contributed by atoms with Gasteiger partial charge in [0, 0.05) is 7.05 Å². The highest BCUT2D eigenvalue weighted by atomic mass is 15.3. The Bertz CT molecular complexity index is 340. The van der Waals surface area contributed by atoms with Gasteiger partial charge in [0.1, 0.15) is 0 Å². The molecule has 0 aliphatic heterocycles. The van der Waals surface area contributed by atoms with Crippen LogP contribution < -0.4 is 5.32 Å². The van der Waals surface area contributed by atoms with Crippen molar-refractivity contribution in [3.63, 3.8) is 0 Å². The van der Waals surface area contributed by atoms with E-state index >= 15 is 0 Å². The van der Waals surface area contributed by atoms with Crippen LogP contribution in [0.25, 0.3) is 0 Å². The van der Waals surface area contributed by atoms with E-state index in [4.69, 9.17) is 0 Å². The predicted octanol–water partition coefficient (Wildman–Crippen LogP) is 3.46. The predicted molar refractivity (Wildman–Crippen MR) is 77.7 cm³/mol. The van der Waals surface area contributed by atoms with Crippen LogP contribution in [0, 0.1) is 5.92 Å². The molecular weight excluding hydrogens is 222 g/mol. The van der Waals surface area contributed by atoms with Gasteiger partial charge in [-0.1, -0.05) is 40.5 Å². The Kier molecular flexibility index (Phi) is 6.41. The first-order valence-electron chi connectivity index (χ1n) is 7.43. The Labute approximate surface area is 112 Å². The molecule has 0 aliphatic rings. The van der Waals surface area contributed by atoms with Crippen LogP contribution in [0.3, 0.4) is 0 Å². The van der Waals surface area contributed by atoms with Gasteiger partial charge in [0.05, 0.1) is 17.4 Å². The summed E-state index contributed by atoms with van der Waals surface area (Å²) in [5, 5.41) is 8.29. The summed E-state index contributed by atoms with van der Waals surface area (Å²) >= 11 is 0. The first-order chi connectivity index (χ1) is 8.67. The molecule has 0 bridgehead atoms. The SMILES string of the molecule is CCCNC(c1cc(CC)nn1C)C(CC)CC. The van der Waals surface area contributed by atoms with Crippen LogP contribution in [0.1, 0.15) is 64.4 Å². The molecule has 0 saturated carbocycles. The average Bonchev–Trinajstić information content (AvgIpc) is 2.76. The maximum Gasteiger partial charge on any atom is 0.0625 e. The van der Waals surface area contributed by atoms with E-state index in [2.05, 4.69) is 55.9 Å². The summed E-state index contributed by atoms with van der Waals surface area (Å²) in [5.74, 6) is 0.691. The molecule has 0 aromatic carbocycles. The molecule has 0 radical (unpaired) electrons. The molecule has 0 amide bonds. The summed E-state index contributed by atoms with van der Waals surface area (Å²) in [7, 11) is 2.07. The molecule has 1 rings (SSSR count). The average molecular weight is 251 g/mol. The molecule has 0 saturated heterocycles. The fourth-order valence-electron chi connectivity index (χ4n) is 2.58. The standard InChI is InChI=1S/C15H29N3/c1-6-10-16-15(12(7-2)8-3)14-11-13(9-4)17-18(14)5/h11-12,15-16H,6-10H2,1-5H3. The van der Waals surface area contributed by atoms with Gasteiger partial charge in [-0.15, -0.1) is 0 Å². The van der Waals surface area contributed by atoms with E-state index in [9.17, 15) is 0 Å². The van der Waals surface area contributed by atoms with Gasteiger partial charge in [0.25, 0.3) is 0 Å². The minimum atomic E-state index is 0.442.